The van der Waals surface area contributed by atoms with E-state index in [4.69, 9.17) is 4.98 Å². The molecule has 3 rings (SSSR count). The van der Waals surface area contributed by atoms with E-state index in [1.165, 1.54) is 10.9 Å². The first kappa shape index (κ1) is 13.1. The second-order valence-electron chi connectivity index (χ2n) is 5.70. The molecule has 0 unspecified atom stereocenters. The van der Waals surface area contributed by atoms with Gasteiger partial charge in [0.2, 0.25) is 0 Å². The average Bonchev–Trinajstić information content (AvgIpc) is 2.46. The van der Waals surface area contributed by atoms with Gasteiger partial charge in [-0.25, -0.2) is 4.98 Å². The number of aromatic nitrogens is 1. The number of para-hydroxylation sites is 1. The summed E-state index contributed by atoms with van der Waals surface area (Å²) in [6, 6.07) is 10.8. The Labute approximate surface area is 119 Å². The summed E-state index contributed by atoms with van der Waals surface area (Å²) in [5, 5.41) is 1.18. The van der Waals surface area contributed by atoms with E-state index in [0.717, 1.165) is 24.2 Å². The first-order valence-corrected chi connectivity index (χ1v) is 7.26. The summed E-state index contributed by atoms with van der Waals surface area (Å²) in [6.07, 6.45) is 3.32. The van der Waals surface area contributed by atoms with Gasteiger partial charge in [-0.1, -0.05) is 18.2 Å². The molecule has 1 fully saturated rings. The highest BCUT2D eigenvalue weighted by Gasteiger charge is 2.24. The Kier molecular flexibility index (Phi) is 3.43. The van der Waals surface area contributed by atoms with E-state index >= 15 is 0 Å². The lowest BCUT2D eigenvalue weighted by Gasteiger charge is -2.32. The third kappa shape index (κ3) is 2.40. The van der Waals surface area contributed by atoms with Crippen LogP contribution in [0.25, 0.3) is 10.9 Å². The van der Waals surface area contributed by atoms with Crippen LogP contribution in [0.3, 0.4) is 0 Å². The number of hydrogen-bond acceptors (Lipinski definition) is 3. The topological polar surface area (TPSA) is 33.2 Å². The number of fused-ring (bicyclic) bond motifs is 1. The fraction of sp³-hybridized carbons (Fsp3) is 0.412. The zero-order valence-corrected chi connectivity index (χ0v) is 12.1. The molecule has 0 spiro atoms. The Morgan fingerprint density at radius 1 is 1.20 bits per heavy atom. The van der Waals surface area contributed by atoms with Gasteiger partial charge in [-0.15, -0.1) is 0 Å². The molecule has 0 atom stereocenters. The van der Waals surface area contributed by atoms with Crippen molar-refractivity contribution in [1.29, 1.82) is 0 Å². The molecule has 1 aromatic carbocycles. The number of aryl methyl sites for hydroxylation is 1. The Morgan fingerprint density at radius 2 is 1.90 bits per heavy atom. The number of hydrogen-bond donors (Lipinski definition) is 0. The van der Waals surface area contributed by atoms with Gasteiger partial charge in [0.25, 0.3) is 0 Å². The zero-order chi connectivity index (χ0) is 14.1. The van der Waals surface area contributed by atoms with Crippen LogP contribution in [-0.2, 0) is 4.79 Å². The van der Waals surface area contributed by atoms with Gasteiger partial charge in [-0.05, 0) is 37.5 Å². The molecular formula is C17H20N2O. The Morgan fingerprint density at radius 3 is 2.65 bits per heavy atom. The van der Waals surface area contributed by atoms with Gasteiger partial charge >= 0.3 is 0 Å². The van der Waals surface area contributed by atoms with E-state index in [1.807, 2.05) is 12.1 Å². The van der Waals surface area contributed by atoms with Gasteiger partial charge < -0.3 is 4.90 Å². The molecule has 1 aromatic heterocycles. The predicted molar refractivity (Wildman–Crippen MR) is 82.1 cm³/mol. The summed E-state index contributed by atoms with van der Waals surface area (Å²) >= 11 is 0. The molecule has 1 aliphatic carbocycles. The monoisotopic (exact) mass is 268 g/mol. The first-order chi connectivity index (χ1) is 9.65. The molecule has 0 radical (unpaired) electrons. The van der Waals surface area contributed by atoms with Crippen molar-refractivity contribution in [3.05, 3.63) is 35.9 Å². The van der Waals surface area contributed by atoms with Gasteiger partial charge in [0, 0.05) is 31.3 Å². The van der Waals surface area contributed by atoms with Crippen molar-refractivity contribution in [3.63, 3.8) is 0 Å². The van der Waals surface area contributed by atoms with E-state index in [9.17, 15) is 4.79 Å². The van der Waals surface area contributed by atoms with Crippen LogP contribution in [0, 0.1) is 6.92 Å². The maximum Gasteiger partial charge on any atom is 0.133 e. The average molecular weight is 268 g/mol. The number of nitrogens with zero attached hydrogens (tertiary/aromatic N) is 2. The van der Waals surface area contributed by atoms with E-state index in [0.29, 0.717) is 24.7 Å². The lowest BCUT2D eigenvalue weighted by Crippen LogP contribution is -2.36. The molecule has 1 saturated carbocycles. The molecule has 3 nitrogen and oxygen atoms in total. The summed E-state index contributed by atoms with van der Waals surface area (Å²) in [5.74, 6) is 1.45. The van der Waals surface area contributed by atoms with Crippen LogP contribution in [0.4, 0.5) is 5.82 Å². The third-order valence-electron chi connectivity index (χ3n) is 4.28. The number of carbonyl (C=O) groups excluding carboxylic acids is 1. The number of ketones is 1. The van der Waals surface area contributed by atoms with Crippen LogP contribution in [-0.4, -0.2) is 23.9 Å². The standard InChI is InChI=1S/C17H20N2O/c1-12-11-13-5-3-4-6-16(13)18-17(12)19(2)14-7-9-15(20)10-8-14/h3-6,11,14H,7-10H2,1-2H3. The second-order valence-corrected chi connectivity index (χ2v) is 5.70. The van der Waals surface area contributed by atoms with Crippen LogP contribution in [0.15, 0.2) is 30.3 Å². The van der Waals surface area contributed by atoms with Crippen molar-refractivity contribution in [2.24, 2.45) is 0 Å². The van der Waals surface area contributed by atoms with Gasteiger partial charge in [0.1, 0.15) is 11.6 Å². The largest absolute Gasteiger partial charge is 0.356 e. The van der Waals surface area contributed by atoms with Gasteiger partial charge in [-0.3, -0.25) is 4.79 Å². The summed E-state index contributed by atoms with van der Waals surface area (Å²) in [5.41, 5.74) is 2.23. The number of benzene rings is 1. The van der Waals surface area contributed by atoms with Crippen molar-refractivity contribution in [2.45, 2.75) is 38.6 Å². The summed E-state index contributed by atoms with van der Waals surface area (Å²) in [7, 11) is 2.10. The van der Waals surface area contributed by atoms with Gasteiger partial charge in [0.05, 0.1) is 5.52 Å². The lowest BCUT2D eigenvalue weighted by atomic mass is 9.93. The van der Waals surface area contributed by atoms with Crippen LogP contribution >= 0.6 is 0 Å². The summed E-state index contributed by atoms with van der Waals surface area (Å²) < 4.78 is 0. The zero-order valence-electron chi connectivity index (χ0n) is 12.1. The molecular weight excluding hydrogens is 248 g/mol. The Hall–Kier alpha value is -1.90. The normalized spacial score (nSPS) is 16.6. The number of Topliss-reactive ketones (excluding diaryl/α,β-unsaturated/α-hetero) is 1. The maximum atomic E-state index is 11.4. The Bertz CT molecular complexity index is 640. The fourth-order valence-electron chi connectivity index (χ4n) is 3.05. The fourth-order valence-corrected chi connectivity index (χ4v) is 3.05. The van der Waals surface area contributed by atoms with Crippen LogP contribution in [0.2, 0.25) is 0 Å². The molecule has 0 bridgehead atoms. The molecule has 20 heavy (non-hydrogen) atoms. The van der Waals surface area contributed by atoms with Crippen molar-refractivity contribution in [1.82, 2.24) is 4.98 Å². The Balaban J connectivity index is 1.92. The summed E-state index contributed by atoms with van der Waals surface area (Å²) in [4.78, 5) is 18.4. The van der Waals surface area contributed by atoms with Crippen molar-refractivity contribution < 1.29 is 4.79 Å². The molecule has 1 heterocycles. The lowest BCUT2D eigenvalue weighted by molar-refractivity contribution is -0.120. The molecule has 0 amide bonds. The quantitative estimate of drug-likeness (QED) is 0.836. The minimum Gasteiger partial charge on any atom is -0.356 e. The molecule has 2 aromatic rings. The van der Waals surface area contributed by atoms with E-state index in [1.54, 1.807) is 0 Å². The minimum absolute atomic E-state index is 0.401. The van der Waals surface area contributed by atoms with E-state index < -0.39 is 0 Å². The molecule has 0 N–H and O–H groups in total. The molecule has 3 heteroatoms. The van der Waals surface area contributed by atoms with Crippen LogP contribution < -0.4 is 4.90 Å². The number of rotatable bonds is 2. The number of pyridine rings is 1. The first-order valence-electron chi connectivity index (χ1n) is 7.26. The molecule has 0 aliphatic heterocycles. The highest BCUT2D eigenvalue weighted by Crippen LogP contribution is 2.27. The third-order valence-corrected chi connectivity index (χ3v) is 4.28. The van der Waals surface area contributed by atoms with Crippen LogP contribution in [0.5, 0.6) is 0 Å². The SMILES string of the molecule is Cc1cc2ccccc2nc1N(C)C1CCC(=O)CC1. The highest BCUT2D eigenvalue weighted by molar-refractivity contribution is 5.82. The van der Waals surface area contributed by atoms with Crippen molar-refractivity contribution in [2.75, 3.05) is 11.9 Å². The minimum atomic E-state index is 0.401. The molecule has 1 aliphatic rings. The number of carbonyl (C=O) groups is 1. The summed E-state index contributed by atoms with van der Waals surface area (Å²) in [6.45, 7) is 2.11. The van der Waals surface area contributed by atoms with Crippen LogP contribution in [0.1, 0.15) is 31.2 Å². The predicted octanol–water partition coefficient (Wildman–Crippen LogP) is 3.49. The second kappa shape index (κ2) is 5.23. The van der Waals surface area contributed by atoms with Gasteiger partial charge in [-0.2, -0.15) is 0 Å². The highest BCUT2D eigenvalue weighted by atomic mass is 16.1. The molecule has 0 saturated heterocycles. The van der Waals surface area contributed by atoms with E-state index in [2.05, 4.69) is 37.1 Å². The number of anilines is 1. The van der Waals surface area contributed by atoms with E-state index in [-0.39, 0.29) is 0 Å². The van der Waals surface area contributed by atoms with Crippen molar-refractivity contribution >= 4 is 22.5 Å². The van der Waals surface area contributed by atoms with Gasteiger partial charge in [0.15, 0.2) is 0 Å². The smallest absolute Gasteiger partial charge is 0.133 e. The van der Waals surface area contributed by atoms with Crippen molar-refractivity contribution in [3.8, 4) is 0 Å². The maximum absolute atomic E-state index is 11.4. The molecule has 104 valence electrons.